The summed E-state index contributed by atoms with van der Waals surface area (Å²) in [5, 5.41) is 14.1. The number of nitrogens with zero attached hydrogens (tertiary/aromatic N) is 3. The number of ether oxygens (including phenoxy) is 2. The zero-order valence-corrected chi connectivity index (χ0v) is 15.0. The smallest absolute Gasteiger partial charge is 0.338 e. The number of hydrogen-bond acceptors (Lipinski definition) is 8. The van der Waals surface area contributed by atoms with E-state index in [4.69, 9.17) is 9.47 Å². The van der Waals surface area contributed by atoms with Crippen LogP contribution in [0.3, 0.4) is 0 Å². The summed E-state index contributed by atoms with van der Waals surface area (Å²) in [5.74, 6) is 1.29. The molecule has 0 radical (unpaired) electrons. The van der Waals surface area contributed by atoms with Crippen molar-refractivity contribution in [3.05, 3.63) is 60.3 Å². The zero-order valence-electron chi connectivity index (χ0n) is 15.0. The normalized spacial score (nSPS) is 10.1. The predicted octanol–water partition coefficient (Wildman–Crippen LogP) is 3.54. The third kappa shape index (κ3) is 4.91. The Morgan fingerprint density at radius 1 is 1.00 bits per heavy atom. The molecule has 8 heteroatoms. The lowest BCUT2D eigenvalue weighted by Gasteiger charge is -2.09. The standard InChI is InChI=1S/C19H19N5O3/c1-3-27-18(25)13-4-6-14(7-5-13)21-17-12-20-24-19(23-17)22-15-8-10-16(26-2)11-9-15/h4-12H,3H2,1-2H3,(H2,21,22,23,24). The van der Waals surface area contributed by atoms with Crippen molar-refractivity contribution in [3.63, 3.8) is 0 Å². The van der Waals surface area contributed by atoms with Crippen molar-refractivity contribution in [2.24, 2.45) is 0 Å². The first-order valence-corrected chi connectivity index (χ1v) is 8.33. The van der Waals surface area contributed by atoms with Gasteiger partial charge in [0, 0.05) is 11.4 Å². The van der Waals surface area contributed by atoms with Crippen LogP contribution in [0.15, 0.2) is 54.7 Å². The molecule has 3 rings (SSSR count). The van der Waals surface area contributed by atoms with E-state index in [0.717, 1.165) is 17.1 Å². The number of benzene rings is 2. The van der Waals surface area contributed by atoms with Crippen molar-refractivity contribution in [1.29, 1.82) is 0 Å². The molecule has 0 aliphatic rings. The molecule has 0 amide bonds. The third-order valence-electron chi connectivity index (χ3n) is 3.57. The number of nitrogens with one attached hydrogen (secondary N) is 2. The Kier molecular flexibility index (Phi) is 5.78. The fourth-order valence-corrected chi connectivity index (χ4v) is 2.27. The van der Waals surface area contributed by atoms with Gasteiger partial charge in [0.1, 0.15) is 5.75 Å². The van der Waals surface area contributed by atoms with Crippen LogP contribution >= 0.6 is 0 Å². The van der Waals surface area contributed by atoms with Crippen LogP contribution in [0.1, 0.15) is 17.3 Å². The Hall–Kier alpha value is -3.68. The molecule has 2 N–H and O–H groups in total. The van der Waals surface area contributed by atoms with Gasteiger partial charge in [-0.2, -0.15) is 10.1 Å². The van der Waals surface area contributed by atoms with Crippen molar-refractivity contribution in [2.45, 2.75) is 6.92 Å². The van der Waals surface area contributed by atoms with Gasteiger partial charge in [0.05, 0.1) is 25.5 Å². The second-order valence-corrected chi connectivity index (χ2v) is 5.44. The van der Waals surface area contributed by atoms with E-state index in [-0.39, 0.29) is 5.97 Å². The first kappa shape index (κ1) is 18.1. The van der Waals surface area contributed by atoms with E-state index in [9.17, 15) is 4.79 Å². The summed E-state index contributed by atoms with van der Waals surface area (Å²) in [6.07, 6.45) is 1.51. The summed E-state index contributed by atoms with van der Waals surface area (Å²) >= 11 is 0. The minimum Gasteiger partial charge on any atom is -0.497 e. The van der Waals surface area contributed by atoms with E-state index < -0.39 is 0 Å². The lowest BCUT2D eigenvalue weighted by molar-refractivity contribution is 0.0526. The lowest BCUT2D eigenvalue weighted by atomic mass is 10.2. The molecule has 0 spiro atoms. The van der Waals surface area contributed by atoms with E-state index in [0.29, 0.717) is 23.9 Å². The number of aromatic nitrogens is 3. The van der Waals surface area contributed by atoms with Crippen molar-refractivity contribution in [3.8, 4) is 5.75 Å². The van der Waals surface area contributed by atoms with Crippen LogP contribution in [-0.2, 0) is 4.74 Å². The molecule has 1 heterocycles. The van der Waals surface area contributed by atoms with E-state index >= 15 is 0 Å². The fourth-order valence-electron chi connectivity index (χ4n) is 2.27. The number of anilines is 4. The Bertz CT molecular complexity index is 898. The molecule has 0 aliphatic heterocycles. The van der Waals surface area contributed by atoms with Gasteiger partial charge in [-0.1, -0.05) is 0 Å². The van der Waals surface area contributed by atoms with Gasteiger partial charge in [-0.25, -0.2) is 4.79 Å². The summed E-state index contributed by atoms with van der Waals surface area (Å²) in [4.78, 5) is 16.1. The van der Waals surface area contributed by atoms with Gasteiger partial charge in [-0.15, -0.1) is 5.10 Å². The first-order valence-electron chi connectivity index (χ1n) is 8.33. The van der Waals surface area contributed by atoms with Crippen LogP contribution < -0.4 is 15.4 Å². The molecule has 138 valence electrons. The van der Waals surface area contributed by atoms with Crippen molar-refractivity contribution in [1.82, 2.24) is 15.2 Å². The predicted molar refractivity (Wildman–Crippen MR) is 102 cm³/mol. The maximum atomic E-state index is 11.7. The lowest BCUT2D eigenvalue weighted by Crippen LogP contribution is -2.05. The zero-order chi connectivity index (χ0) is 19.1. The topological polar surface area (TPSA) is 98.3 Å². The van der Waals surface area contributed by atoms with Gasteiger partial charge in [0.15, 0.2) is 5.82 Å². The monoisotopic (exact) mass is 365 g/mol. The SMILES string of the molecule is CCOC(=O)c1ccc(Nc2cnnc(Nc3ccc(OC)cc3)n2)cc1. The minimum atomic E-state index is -0.348. The van der Waals surface area contributed by atoms with Crippen LogP contribution in [-0.4, -0.2) is 34.9 Å². The van der Waals surface area contributed by atoms with Crippen LogP contribution in [0.4, 0.5) is 23.1 Å². The number of hydrogen-bond donors (Lipinski definition) is 2. The van der Waals surface area contributed by atoms with E-state index in [1.54, 1.807) is 38.3 Å². The average Bonchev–Trinajstić information content (AvgIpc) is 2.70. The molecule has 27 heavy (non-hydrogen) atoms. The van der Waals surface area contributed by atoms with Crippen LogP contribution in [0.5, 0.6) is 5.75 Å². The minimum absolute atomic E-state index is 0.343. The number of rotatable bonds is 7. The molecule has 0 fully saturated rings. The fraction of sp³-hybridized carbons (Fsp3) is 0.158. The highest BCUT2D eigenvalue weighted by Gasteiger charge is 2.07. The summed E-state index contributed by atoms with van der Waals surface area (Å²) in [6.45, 7) is 2.11. The van der Waals surface area contributed by atoms with Gasteiger partial charge in [-0.3, -0.25) is 0 Å². The van der Waals surface area contributed by atoms with Crippen LogP contribution in [0.2, 0.25) is 0 Å². The Balaban J connectivity index is 1.67. The molecule has 2 aromatic carbocycles. The average molecular weight is 365 g/mol. The quantitative estimate of drug-likeness (QED) is 0.614. The van der Waals surface area contributed by atoms with Gasteiger partial charge in [0.25, 0.3) is 0 Å². The highest BCUT2D eigenvalue weighted by molar-refractivity contribution is 5.89. The van der Waals surface area contributed by atoms with Crippen molar-refractivity contribution in [2.75, 3.05) is 24.4 Å². The van der Waals surface area contributed by atoms with Gasteiger partial charge in [-0.05, 0) is 55.5 Å². The van der Waals surface area contributed by atoms with Crippen LogP contribution in [0.25, 0.3) is 0 Å². The van der Waals surface area contributed by atoms with Crippen LogP contribution in [0, 0.1) is 0 Å². The van der Waals surface area contributed by atoms with Gasteiger partial charge >= 0.3 is 5.97 Å². The molecule has 1 aromatic heterocycles. The molecule has 0 unspecified atom stereocenters. The second-order valence-electron chi connectivity index (χ2n) is 5.44. The number of carbonyl (C=O) groups excluding carboxylic acids is 1. The highest BCUT2D eigenvalue weighted by atomic mass is 16.5. The van der Waals surface area contributed by atoms with Crippen molar-refractivity contribution >= 4 is 29.1 Å². The summed E-state index contributed by atoms with van der Waals surface area (Å²) < 4.78 is 10.1. The Morgan fingerprint density at radius 2 is 1.67 bits per heavy atom. The van der Waals surface area contributed by atoms with E-state index in [1.165, 1.54) is 6.20 Å². The molecular formula is C19H19N5O3. The number of carbonyl (C=O) groups is 1. The molecule has 3 aromatic rings. The highest BCUT2D eigenvalue weighted by Crippen LogP contribution is 2.19. The molecular weight excluding hydrogens is 346 g/mol. The third-order valence-corrected chi connectivity index (χ3v) is 3.57. The molecule has 0 aliphatic carbocycles. The van der Waals surface area contributed by atoms with E-state index in [1.807, 2.05) is 24.3 Å². The molecule has 0 saturated carbocycles. The largest absolute Gasteiger partial charge is 0.497 e. The van der Waals surface area contributed by atoms with Crippen molar-refractivity contribution < 1.29 is 14.3 Å². The second kappa shape index (κ2) is 8.61. The Morgan fingerprint density at radius 3 is 2.33 bits per heavy atom. The number of methoxy groups -OCH3 is 1. The summed E-state index contributed by atoms with van der Waals surface area (Å²) in [5.41, 5.74) is 2.07. The van der Waals surface area contributed by atoms with Gasteiger partial charge in [0.2, 0.25) is 5.95 Å². The molecule has 0 atom stereocenters. The summed E-state index contributed by atoms with van der Waals surface area (Å²) in [6, 6.07) is 14.3. The molecule has 8 nitrogen and oxygen atoms in total. The van der Waals surface area contributed by atoms with E-state index in [2.05, 4.69) is 25.8 Å². The number of esters is 1. The summed E-state index contributed by atoms with van der Waals surface area (Å²) in [7, 11) is 1.61. The maximum Gasteiger partial charge on any atom is 0.338 e. The molecule has 0 bridgehead atoms. The molecule has 0 saturated heterocycles. The maximum absolute atomic E-state index is 11.7. The first-order chi connectivity index (χ1) is 13.2. The van der Waals surface area contributed by atoms with Gasteiger partial charge < -0.3 is 20.1 Å². The Labute approximate surface area is 156 Å².